The minimum atomic E-state index is 0.672. The van der Waals surface area contributed by atoms with E-state index in [1.54, 1.807) is 0 Å². The molecule has 1 saturated carbocycles. The molecule has 1 heterocycles. The van der Waals surface area contributed by atoms with Crippen LogP contribution in [-0.2, 0) is 0 Å². The van der Waals surface area contributed by atoms with Crippen molar-refractivity contribution in [2.24, 2.45) is 5.92 Å². The van der Waals surface area contributed by atoms with Crippen LogP contribution in [0, 0.1) is 19.8 Å². The number of rotatable bonds is 1. The minimum absolute atomic E-state index is 0.672. The van der Waals surface area contributed by atoms with Gasteiger partial charge in [0.2, 0.25) is 0 Å². The van der Waals surface area contributed by atoms with Gasteiger partial charge >= 0.3 is 0 Å². The highest BCUT2D eigenvalue weighted by molar-refractivity contribution is 5.23. The van der Waals surface area contributed by atoms with Gasteiger partial charge in [0.15, 0.2) is 0 Å². The third-order valence-electron chi connectivity index (χ3n) is 3.19. The highest BCUT2D eigenvalue weighted by Crippen LogP contribution is 2.34. The Balaban J connectivity index is 0.000000317. The van der Waals surface area contributed by atoms with E-state index in [1.165, 1.54) is 43.4 Å². The molecule has 0 aromatic carbocycles. The van der Waals surface area contributed by atoms with Crippen molar-refractivity contribution in [3.8, 4) is 0 Å². The lowest BCUT2D eigenvalue weighted by Gasteiger charge is -2.19. The summed E-state index contributed by atoms with van der Waals surface area (Å²) in [5, 5.41) is 4.16. The van der Waals surface area contributed by atoms with Crippen molar-refractivity contribution in [3.05, 3.63) is 17.0 Å². The second-order valence-electron chi connectivity index (χ2n) is 5.82. The minimum Gasteiger partial charge on any atom is -0.361 e. The molecule has 1 aromatic heterocycles. The van der Waals surface area contributed by atoms with Gasteiger partial charge in [-0.15, -0.1) is 0 Å². The number of nitrogens with zero attached hydrogens (tertiary/aromatic N) is 1. The normalized spacial score (nSPS) is 16.8. The van der Waals surface area contributed by atoms with E-state index in [4.69, 9.17) is 4.52 Å². The first-order valence-corrected chi connectivity index (χ1v) is 6.95. The molecule has 2 heteroatoms. The average molecular weight is 237 g/mol. The molecule has 98 valence electrons. The summed E-state index contributed by atoms with van der Waals surface area (Å²) in [6.07, 6.45) is 6.71. The predicted octanol–water partition coefficient (Wildman–Crippen LogP) is 5.00. The standard InChI is InChI=1S/C11H17NO.C4H10/c1-8-9(2)13-12-11(8)10-6-4-3-5-7-10;1-4(2)3/h10H,3-7H2,1-2H3;4H,1-3H3. The summed E-state index contributed by atoms with van der Waals surface area (Å²) in [5.74, 6) is 2.49. The van der Waals surface area contributed by atoms with Gasteiger partial charge in [-0.25, -0.2) is 0 Å². The molecule has 1 aliphatic carbocycles. The zero-order chi connectivity index (χ0) is 12.8. The lowest BCUT2D eigenvalue weighted by atomic mass is 9.85. The molecular formula is C15H27NO. The van der Waals surface area contributed by atoms with Gasteiger partial charge in [-0.2, -0.15) is 0 Å². The Kier molecular flexibility index (Phi) is 5.73. The smallest absolute Gasteiger partial charge is 0.136 e. The van der Waals surface area contributed by atoms with Crippen LogP contribution in [0.5, 0.6) is 0 Å². The Hall–Kier alpha value is -0.790. The van der Waals surface area contributed by atoms with E-state index >= 15 is 0 Å². The van der Waals surface area contributed by atoms with Gasteiger partial charge in [-0.1, -0.05) is 45.2 Å². The summed E-state index contributed by atoms with van der Waals surface area (Å²) in [7, 11) is 0. The fourth-order valence-electron chi connectivity index (χ4n) is 2.19. The van der Waals surface area contributed by atoms with E-state index in [2.05, 4.69) is 32.9 Å². The van der Waals surface area contributed by atoms with Crippen LogP contribution in [-0.4, -0.2) is 5.16 Å². The Morgan fingerprint density at radius 2 is 1.59 bits per heavy atom. The molecule has 0 aliphatic heterocycles. The second-order valence-corrected chi connectivity index (χ2v) is 5.82. The van der Waals surface area contributed by atoms with Gasteiger partial charge in [-0.3, -0.25) is 0 Å². The molecule has 1 aromatic rings. The molecule has 1 fully saturated rings. The lowest BCUT2D eigenvalue weighted by Crippen LogP contribution is -2.06. The summed E-state index contributed by atoms with van der Waals surface area (Å²) in [6.45, 7) is 10.6. The zero-order valence-corrected chi connectivity index (χ0v) is 12.0. The maximum absolute atomic E-state index is 5.20. The van der Waals surface area contributed by atoms with Crippen LogP contribution in [0.4, 0.5) is 0 Å². The highest BCUT2D eigenvalue weighted by atomic mass is 16.5. The Morgan fingerprint density at radius 1 is 1.06 bits per heavy atom. The van der Waals surface area contributed by atoms with Crippen molar-refractivity contribution in [3.63, 3.8) is 0 Å². The van der Waals surface area contributed by atoms with E-state index in [9.17, 15) is 0 Å². The van der Waals surface area contributed by atoms with Crippen LogP contribution in [0.2, 0.25) is 0 Å². The maximum Gasteiger partial charge on any atom is 0.136 e. The summed E-state index contributed by atoms with van der Waals surface area (Å²) in [4.78, 5) is 0. The molecule has 0 spiro atoms. The third-order valence-corrected chi connectivity index (χ3v) is 3.19. The van der Waals surface area contributed by atoms with Gasteiger partial charge in [0.25, 0.3) is 0 Å². The summed E-state index contributed by atoms with van der Waals surface area (Å²) in [6, 6.07) is 0. The van der Waals surface area contributed by atoms with Crippen LogP contribution in [0.25, 0.3) is 0 Å². The van der Waals surface area contributed by atoms with Gasteiger partial charge in [0.1, 0.15) is 5.76 Å². The van der Waals surface area contributed by atoms with Crippen molar-refractivity contribution in [2.75, 3.05) is 0 Å². The molecule has 1 aliphatic rings. The largest absolute Gasteiger partial charge is 0.361 e. The highest BCUT2D eigenvalue weighted by Gasteiger charge is 2.21. The Bertz CT molecular complexity index is 319. The SMILES string of the molecule is CC(C)C.Cc1onc(C2CCCCC2)c1C. The van der Waals surface area contributed by atoms with Crippen molar-refractivity contribution in [2.45, 2.75) is 72.6 Å². The van der Waals surface area contributed by atoms with E-state index < -0.39 is 0 Å². The second kappa shape index (κ2) is 6.83. The zero-order valence-electron chi connectivity index (χ0n) is 12.0. The van der Waals surface area contributed by atoms with E-state index in [-0.39, 0.29) is 0 Å². The summed E-state index contributed by atoms with van der Waals surface area (Å²) < 4.78 is 5.20. The molecule has 2 nitrogen and oxygen atoms in total. The van der Waals surface area contributed by atoms with Crippen LogP contribution in [0.15, 0.2) is 4.52 Å². The first-order valence-electron chi connectivity index (χ1n) is 6.95. The van der Waals surface area contributed by atoms with Crippen molar-refractivity contribution in [1.82, 2.24) is 5.16 Å². The van der Waals surface area contributed by atoms with Crippen molar-refractivity contribution >= 4 is 0 Å². The topological polar surface area (TPSA) is 26.0 Å². The molecule has 0 amide bonds. The quantitative estimate of drug-likeness (QED) is 0.687. The summed E-state index contributed by atoms with van der Waals surface area (Å²) >= 11 is 0. The first kappa shape index (κ1) is 14.3. The number of hydrogen-bond donors (Lipinski definition) is 0. The van der Waals surface area contributed by atoms with Gasteiger partial charge in [0, 0.05) is 11.5 Å². The number of hydrogen-bond acceptors (Lipinski definition) is 2. The number of aromatic nitrogens is 1. The Morgan fingerprint density at radius 3 is 2.00 bits per heavy atom. The Labute approximate surface area is 106 Å². The van der Waals surface area contributed by atoms with Crippen molar-refractivity contribution in [1.29, 1.82) is 0 Å². The molecule has 0 saturated heterocycles. The third kappa shape index (κ3) is 4.53. The van der Waals surface area contributed by atoms with Crippen LogP contribution in [0.1, 0.15) is 75.8 Å². The maximum atomic E-state index is 5.20. The molecule has 0 bridgehead atoms. The molecule has 0 N–H and O–H groups in total. The van der Waals surface area contributed by atoms with Crippen LogP contribution < -0.4 is 0 Å². The molecule has 0 unspecified atom stereocenters. The fourth-order valence-corrected chi connectivity index (χ4v) is 2.19. The van der Waals surface area contributed by atoms with E-state index in [0.29, 0.717) is 5.92 Å². The van der Waals surface area contributed by atoms with E-state index in [0.717, 1.165) is 11.7 Å². The lowest BCUT2D eigenvalue weighted by molar-refractivity contribution is 0.367. The molecule has 2 rings (SSSR count). The van der Waals surface area contributed by atoms with Crippen LogP contribution >= 0.6 is 0 Å². The average Bonchev–Trinajstić information content (AvgIpc) is 2.60. The number of aryl methyl sites for hydroxylation is 1. The van der Waals surface area contributed by atoms with Crippen molar-refractivity contribution < 1.29 is 4.52 Å². The first-order chi connectivity index (χ1) is 8.02. The van der Waals surface area contributed by atoms with E-state index in [1.807, 2.05) is 6.92 Å². The summed E-state index contributed by atoms with van der Waals surface area (Å²) in [5.41, 5.74) is 2.49. The van der Waals surface area contributed by atoms with Gasteiger partial charge < -0.3 is 4.52 Å². The van der Waals surface area contributed by atoms with Gasteiger partial charge in [-0.05, 0) is 32.6 Å². The molecule has 0 atom stereocenters. The fraction of sp³-hybridized carbons (Fsp3) is 0.800. The molecular weight excluding hydrogens is 210 g/mol. The predicted molar refractivity (Wildman–Crippen MR) is 72.3 cm³/mol. The monoisotopic (exact) mass is 237 g/mol. The van der Waals surface area contributed by atoms with Gasteiger partial charge in [0.05, 0.1) is 5.69 Å². The molecule has 17 heavy (non-hydrogen) atoms. The van der Waals surface area contributed by atoms with Crippen LogP contribution in [0.3, 0.4) is 0 Å². The molecule has 0 radical (unpaired) electrons.